The molecule has 10 heteroatoms. The fraction of sp³-hybridized carbons (Fsp3) is 0.286. The Morgan fingerprint density at radius 1 is 0.947 bits per heavy atom. The number of nitrogens with zero attached hydrogens (tertiary/aromatic N) is 2. The van der Waals surface area contributed by atoms with Crippen molar-refractivity contribution < 1.29 is 22.7 Å². The number of sulfonamides is 1. The molecule has 0 aliphatic rings. The van der Waals surface area contributed by atoms with E-state index in [4.69, 9.17) is 16.3 Å². The Bertz CT molecular complexity index is 1350. The van der Waals surface area contributed by atoms with Crippen LogP contribution in [0.1, 0.15) is 26.3 Å². The summed E-state index contributed by atoms with van der Waals surface area (Å²) in [6.45, 7) is 4.85. The molecule has 0 saturated heterocycles. The molecule has 0 heterocycles. The van der Waals surface area contributed by atoms with Gasteiger partial charge < -0.3 is 15.0 Å². The largest absolute Gasteiger partial charge is 0.495 e. The van der Waals surface area contributed by atoms with E-state index in [0.29, 0.717) is 5.75 Å². The maximum atomic E-state index is 13.8. The molecular formula is C28H32ClN3O5S. The van der Waals surface area contributed by atoms with Crippen molar-refractivity contribution >= 4 is 39.1 Å². The van der Waals surface area contributed by atoms with Gasteiger partial charge in [-0.1, -0.05) is 60.1 Å². The number of rotatable bonds is 11. The number of amides is 2. The van der Waals surface area contributed by atoms with Crippen molar-refractivity contribution in [1.29, 1.82) is 0 Å². The van der Waals surface area contributed by atoms with Gasteiger partial charge in [0.1, 0.15) is 18.3 Å². The highest BCUT2D eigenvalue weighted by atomic mass is 35.5. The second-order valence-electron chi connectivity index (χ2n) is 8.99. The van der Waals surface area contributed by atoms with Crippen molar-refractivity contribution in [3.05, 3.63) is 89.4 Å². The van der Waals surface area contributed by atoms with E-state index in [-0.39, 0.29) is 34.1 Å². The van der Waals surface area contributed by atoms with Crippen LogP contribution in [0.25, 0.3) is 0 Å². The van der Waals surface area contributed by atoms with Gasteiger partial charge in [0.25, 0.3) is 10.0 Å². The third kappa shape index (κ3) is 7.05. The maximum absolute atomic E-state index is 13.8. The number of methoxy groups -OCH3 is 1. The number of ether oxygens (including phenoxy) is 1. The first-order valence-electron chi connectivity index (χ1n) is 12.1. The van der Waals surface area contributed by atoms with Crippen molar-refractivity contribution in [3.63, 3.8) is 0 Å². The predicted octanol–water partition coefficient (Wildman–Crippen LogP) is 4.49. The van der Waals surface area contributed by atoms with Crippen molar-refractivity contribution in [2.45, 2.75) is 44.3 Å². The van der Waals surface area contributed by atoms with E-state index >= 15 is 0 Å². The summed E-state index contributed by atoms with van der Waals surface area (Å²) in [5, 5.41) is 3.02. The van der Waals surface area contributed by atoms with E-state index in [1.165, 1.54) is 42.3 Å². The molecule has 0 fully saturated rings. The molecule has 0 aliphatic carbocycles. The molecule has 2 amide bonds. The topological polar surface area (TPSA) is 96.0 Å². The zero-order valence-corrected chi connectivity index (χ0v) is 23.4. The van der Waals surface area contributed by atoms with Crippen LogP contribution in [0.4, 0.5) is 5.69 Å². The van der Waals surface area contributed by atoms with Gasteiger partial charge in [-0.15, -0.1) is 0 Å². The zero-order chi connectivity index (χ0) is 27.9. The monoisotopic (exact) mass is 557 g/mol. The van der Waals surface area contributed by atoms with Crippen LogP contribution >= 0.6 is 11.6 Å². The fourth-order valence-corrected chi connectivity index (χ4v) is 5.51. The Balaban J connectivity index is 2.04. The van der Waals surface area contributed by atoms with Crippen LogP contribution in [-0.2, 0) is 26.2 Å². The van der Waals surface area contributed by atoms with Crippen LogP contribution in [0.5, 0.6) is 5.75 Å². The molecule has 1 atom stereocenters. The molecule has 0 bridgehead atoms. The number of halogens is 1. The van der Waals surface area contributed by atoms with Gasteiger partial charge in [-0.25, -0.2) is 8.42 Å². The van der Waals surface area contributed by atoms with Crippen LogP contribution in [-0.4, -0.2) is 50.9 Å². The standard InChI is InChI=1S/C28H32ClN3O5S/c1-20(2)30-28(34)21(3)31(18-22-11-7-5-8-12-22)27(33)19-32(23-15-16-26(37-4)25(29)17-23)38(35,36)24-13-9-6-10-14-24/h5-17,20-21H,18-19H2,1-4H3,(H,30,34)/t21-/m0/s1. The second-order valence-corrected chi connectivity index (χ2v) is 11.3. The van der Waals surface area contributed by atoms with Gasteiger partial charge in [0.05, 0.1) is 22.7 Å². The summed E-state index contributed by atoms with van der Waals surface area (Å²) in [5.74, 6) is -0.524. The van der Waals surface area contributed by atoms with Gasteiger partial charge in [-0.3, -0.25) is 13.9 Å². The maximum Gasteiger partial charge on any atom is 0.264 e. The van der Waals surface area contributed by atoms with Crippen molar-refractivity contribution in [3.8, 4) is 5.75 Å². The summed E-state index contributed by atoms with van der Waals surface area (Å²) >= 11 is 6.32. The Hall–Kier alpha value is -3.56. The fourth-order valence-electron chi connectivity index (χ4n) is 3.83. The average molecular weight is 558 g/mol. The third-order valence-corrected chi connectivity index (χ3v) is 7.91. The third-order valence-electron chi connectivity index (χ3n) is 5.83. The van der Waals surface area contributed by atoms with Crippen LogP contribution in [0.15, 0.2) is 83.8 Å². The minimum atomic E-state index is -4.17. The molecule has 0 unspecified atom stereocenters. The molecule has 0 saturated carbocycles. The summed E-state index contributed by atoms with van der Waals surface area (Å²) in [6, 6.07) is 20.5. The van der Waals surface area contributed by atoms with Crippen LogP contribution in [0.3, 0.4) is 0 Å². The molecule has 8 nitrogen and oxygen atoms in total. The first-order chi connectivity index (χ1) is 18.0. The van der Waals surface area contributed by atoms with Gasteiger partial charge in [-0.2, -0.15) is 0 Å². The summed E-state index contributed by atoms with van der Waals surface area (Å²) in [6.07, 6.45) is 0. The molecule has 1 N–H and O–H groups in total. The average Bonchev–Trinajstić information content (AvgIpc) is 2.90. The molecule has 202 valence electrons. The highest BCUT2D eigenvalue weighted by Crippen LogP contribution is 2.32. The molecule has 38 heavy (non-hydrogen) atoms. The lowest BCUT2D eigenvalue weighted by Crippen LogP contribution is -2.52. The highest BCUT2D eigenvalue weighted by Gasteiger charge is 2.32. The van der Waals surface area contributed by atoms with Crippen LogP contribution in [0.2, 0.25) is 5.02 Å². The minimum Gasteiger partial charge on any atom is -0.495 e. The zero-order valence-electron chi connectivity index (χ0n) is 21.8. The molecule has 3 aromatic rings. The van der Waals surface area contributed by atoms with E-state index in [0.717, 1.165) is 9.87 Å². The number of carbonyl (C=O) groups is 2. The van der Waals surface area contributed by atoms with E-state index in [9.17, 15) is 18.0 Å². The lowest BCUT2D eigenvalue weighted by atomic mass is 10.1. The van der Waals surface area contributed by atoms with E-state index in [2.05, 4.69) is 5.32 Å². The molecule has 0 aromatic heterocycles. The van der Waals surface area contributed by atoms with Gasteiger partial charge in [0.15, 0.2) is 0 Å². The number of anilines is 1. The normalized spacial score (nSPS) is 12.1. The Kier molecular flexibility index (Phi) is 9.77. The SMILES string of the molecule is COc1ccc(N(CC(=O)N(Cc2ccccc2)[C@@H](C)C(=O)NC(C)C)S(=O)(=O)c2ccccc2)cc1Cl. The number of hydrogen-bond donors (Lipinski definition) is 1. The first kappa shape index (κ1) is 29.0. The van der Waals surface area contributed by atoms with Gasteiger partial charge >= 0.3 is 0 Å². The molecule has 3 aromatic carbocycles. The van der Waals surface area contributed by atoms with Crippen LogP contribution in [0, 0.1) is 0 Å². The summed E-state index contributed by atoms with van der Waals surface area (Å²) in [4.78, 5) is 28.1. The lowest BCUT2D eigenvalue weighted by Gasteiger charge is -2.32. The Morgan fingerprint density at radius 2 is 1.55 bits per heavy atom. The second kappa shape index (κ2) is 12.8. The highest BCUT2D eigenvalue weighted by molar-refractivity contribution is 7.92. The van der Waals surface area contributed by atoms with Crippen molar-refractivity contribution in [2.75, 3.05) is 18.0 Å². The minimum absolute atomic E-state index is 0.0138. The van der Waals surface area contributed by atoms with E-state index in [1.807, 2.05) is 44.2 Å². The van der Waals surface area contributed by atoms with E-state index in [1.54, 1.807) is 25.1 Å². The first-order valence-corrected chi connectivity index (χ1v) is 13.9. The van der Waals surface area contributed by atoms with Gasteiger partial charge in [0, 0.05) is 12.6 Å². The molecule has 0 aliphatic heterocycles. The summed E-state index contributed by atoms with van der Waals surface area (Å²) in [7, 11) is -2.72. The number of carbonyl (C=O) groups excluding carboxylic acids is 2. The molecular weight excluding hydrogens is 526 g/mol. The molecule has 3 rings (SSSR count). The van der Waals surface area contributed by atoms with Gasteiger partial charge in [-0.05, 0) is 56.7 Å². The van der Waals surface area contributed by atoms with Gasteiger partial charge in [0.2, 0.25) is 11.8 Å². The quantitative estimate of drug-likeness (QED) is 0.375. The summed E-state index contributed by atoms with van der Waals surface area (Å²) < 4.78 is 33.7. The molecule has 0 radical (unpaired) electrons. The predicted molar refractivity (Wildman–Crippen MR) is 149 cm³/mol. The lowest BCUT2D eigenvalue weighted by molar-refractivity contribution is -0.139. The summed E-state index contributed by atoms with van der Waals surface area (Å²) in [5.41, 5.74) is 0.988. The van der Waals surface area contributed by atoms with Crippen molar-refractivity contribution in [1.82, 2.24) is 10.2 Å². The number of nitrogens with one attached hydrogen (secondary N) is 1. The van der Waals surface area contributed by atoms with E-state index < -0.39 is 28.5 Å². The Morgan fingerprint density at radius 3 is 2.11 bits per heavy atom. The number of hydrogen-bond acceptors (Lipinski definition) is 5. The van der Waals surface area contributed by atoms with Crippen molar-refractivity contribution in [2.24, 2.45) is 0 Å². The Labute approximate surface area is 229 Å². The van der Waals surface area contributed by atoms with Crippen LogP contribution < -0.4 is 14.4 Å². The molecule has 0 spiro atoms. The number of benzene rings is 3. The smallest absolute Gasteiger partial charge is 0.264 e.